The Balaban J connectivity index is 1.71. The Kier molecular flexibility index (Phi) is 6.08. The van der Waals surface area contributed by atoms with E-state index in [1.54, 1.807) is 6.08 Å². The third kappa shape index (κ3) is 5.40. The van der Waals surface area contributed by atoms with Gasteiger partial charge in [0.05, 0.1) is 12.2 Å². The molecule has 1 aliphatic rings. The molecule has 1 aliphatic heterocycles. The van der Waals surface area contributed by atoms with E-state index in [2.05, 4.69) is 25.3 Å². The molecule has 2 atom stereocenters. The molecule has 1 aromatic rings. The molecule has 0 unspecified atom stereocenters. The monoisotopic (exact) mass is 291 g/mol. The molecule has 2 rings (SSSR count). The van der Waals surface area contributed by atoms with E-state index in [0.717, 1.165) is 31.1 Å². The first-order chi connectivity index (χ1) is 10.2. The highest BCUT2D eigenvalue weighted by Crippen LogP contribution is 2.18. The average molecular weight is 291 g/mol. The number of rotatable bonds is 7. The van der Waals surface area contributed by atoms with Crippen molar-refractivity contribution in [1.29, 1.82) is 0 Å². The van der Waals surface area contributed by atoms with Gasteiger partial charge in [-0.25, -0.2) is 0 Å². The second kappa shape index (κ2) is 8.05. The first-order valence-corrected chi connectivity index (χ1v) is 7.51. The lowest BCUT2D eigenvalue weighted by atomic mass is 10.2. The van der Waals surface area contributed by atoms with Gasteiger partial charge in [0.25, 0.3) is 0 Å². The van der Waals surface area contributed by atoms with Crippen molar-refractivity contribution in [3.8, 4) is 11.5 Å². The molecule has 4 nitrogen and oxygen atoms in total. The summed E-state index contributed by atoms with van der Waals surface area (Å²) in [6, 6.07) is 7.70. The van der Waals surface area contributed by atoms with Gasteiger partial charge in [0.2, 0.25) is 0 Å². The molecule has 0 N–H and O–H groups in total. The maximum absolute atomic E-state index is 5.78. The van der Waals surface area contributed by atoms with Crippen LogP contribution >= 0.6 is 0 Å². The van der Waals surface area contributed by atoms with Gasteiger partial charge in [-0.2, -0.15) is 0 Å². The summed E-state index contributed by atoms with van der Waals surface area (Å²) in [7, 11) is 0. The summed E-state index contributed by atoms with van der Waals surface area (Å²) in [5, 5.41) is 0. The Bertz CT molecular complexity index is 422. The maximum Gasteiger partial charge on any atom is 0.120 e. The van der Waals surface area contributed by atoms with Crippen LogP contribution < -0.4 is 9.47 Å². The first kappa shape index (κ1) is 15.9. The quantitative estimate of drug-likeness (QED) is 0.723. The van der Waals surface area contributed by atoms with Crippen LogP contribution in [0, 0.1) is 0 Å². The van der Waals surface area contributed by atoms with Crippen molar-refractivity contribution < 1.29 is 14.2 Å². The normalized spacial score (nSPS) is 22.8. The second-order valence-electron chi connectivity index (χ2n) is 5.44. The molecular weight excluding hydrogens is 266 g/mol. The van der Waals surface area contributed by atoms with Gasteiger partial charge in [-0.1, -0.05) is 12.7 Å². The highest BCUT2D eigenvalue weighted by atomic mass is 16.5. The number of nitrogens with zero attached hydrogens (tertiary/aromatic N) is 1. The minimum Gasteiger partial charge on any atom is -0.492 e. The second-order valence-corrected chi connectivity index (χ2v) is 5.44. The van der Waals surface area contributed by atoms with Crippen molar-refractivity contribution in [2.45, 2.75) is 26.1 Å². The zero-order valence-corrected chi connectivity index (χ0v) is 13.0. The molecule has 0 aromatic heterocycles. The molecule has 1 fully saturated rings. The molecular formula is C17H25NO3. The third-order valence-corrected chi connectivity index (χ3v) is 3.36. The molecule has 0 aliphatic carbocycles. The number of hydrogen-bond acceptors (Lipinski definition) is 4. The van der Waals surface area contributed by atoms with Gasteiger partial charge < -0.3 is 14.2 Å². The molecule has 1 aromatic carbocycles. The smallest absolute Gasteiger partial charge is 0.120 e. The summed E-state index contributed by atoms with van der Waals surface area (Å²) >= 11 is 0. The van der Waals surface area contributed by atoms with Gasteiger partial charge in [-0.05, 0) is 38.1 Å². The molecule has 0 spiro atoms. The van der Waals surface area contributed by atoms with Crippen molar-refractivity contribution in [2.75, 3.05) is 32.8 Å². The summed E-state index contributed by atoms with van der Waals surface area (Å²) in [5.74, 6) is 1.70. The highest BCUT2D eigenvalue weighted by Gasteiger charge is 2.21. The summed E-state index contributed by atoms with van der Waals surface area (Å²) in [6.07, 6.45) is 2.33. The maximum atomic E-state index is 5.78. The van der Waals surface area contributed by atoms with Crippen LogP contribution in [0.25, 0.3) is 0 Å². The van der Waals surface area contributed by atoms with Crippen molar-refractivity contribution in [3.05, 3.63) is 36.9 Å². The molecule has 21 heavy (non-hydrogen) atoms. The SMILES string of the molecule is C=CCOc1ccc(OCCN2C[C@H](C)O[C@@H](C)C2)cc1. The zero-order chi connectivity index (χ0) is 15.1. The fraction of sp³-hybridized carbons (Fsp3) is 0.529. The summed E-state index contributed by atoms with van der Waals surface area (Å²) in [6.45, 7) is 11.9. The van der Waals surface area contributed by atoms with Crippen LogP contribution in [0.15, 0.2) is 36.9 Å². The van der Waals surface area contributed by atoms with Gasteiger partial charge in [0, 0.05) is 19.6 Å². The third-order valence-electron chi connectivity index (χ3n) is 3.36. The minimum atomic E-state index is 0.301. The Morgan fingerprint density at radius 2 is 1.71 bits per heavy atom. The molecule has 1 heterocycles. The van der Waals surface area contributed by atoms with Crippen LogP contribution in [0.5, 0.6) is 11.5 Å². The van der Waals surface area contributed by atoms with Gasteiger partial charge in [-0.3, -0.25) is 4.90 Å². The fourth-order valence-electron chi connectivity index (χ4n) is 2.55. The standard InChI is InChI=1S/C17H25NO3/c1-4-10-19-16-5-7-17(8-6-16)20-11-9-18-12-14(2)21-15(3)13-18/h4-8,14-15H,1,9-13H2,2-3H3/t14-,15-/m0/s1. The number of ether oxygens (including phenoxy) is 3. The van der Waals surface area contributed by atoms with Crippen LogP contribution in [0.2, 0.25) is 0 Å². The van der Waals surface area contributed by atoms with Crippen LogP contribution in [0.4, 0.5) is 0 Å². The average Bonchev–Trinajstić information content (AvgIpc) is 2.45. The van der Waals surface area contributed by atoms with Crippen LogP contribution in [0.3, 0.4) is 0 Å². The largest absolute Gasteiger partial charge is 0.492 e. The molecule has 0 saturated carbocycles. The lowest BCUT2D eigenvalue weighted by Crippen LogP contribution is -2.46. The number of hydrogen-bond donors (Lipinski definition) is 0. The van der Waals surface area contributed by atoms with Crippen LogP contribution in [0.1, 0.15) is 13.8 Å². The molecule has 0 amide bonds. The van der Waals surface area contributed by atoms with Crippen molar-refractivity contribution in [3.63, 3.8) is 0 Å². The number of benzene rings is 1. The van der Waals surface area contributed by atoms with Gasteiger partial charge >= 0.3 is 0 Å². The van der Waals surface area contributed by atoms with E-state index in [9.17, 15) is 0 Å². The Morgan fingerprint density at radius 3 is 2.29 bits per heavy atom. The Morgan fingerprint density at radius 1 is 1.14 bits per heavy atom. The van der Waals surface area contributed by atoms with Crippen molar-refractivity contribution in [2.24, 2.45) is 0 Å². The summed E-state index contributed by atoms with van der Waals surface area (Å²) in [4.78, 5) is 2.39. The molecule has 4 heteroatoms. The van der Waals surface area contributed by atoms with Crippen molar-refractivity contribution in [1.82, 2.24) is 4.90 Å². The fourth-order valence-corrected chi connectivity index (χ4v) is 2.55. The van der Waals surface area contributed by atoms with E-state index >= 15 is 0 Å². The minimum absolute atomic E-state index is 0.301. The molecule has 1 saturated heterocycles. The predicted molar refractivity (Wildman–Crippen MR) is 84.1 cm³/mol. The lowest BCUT2D eigenvalue weighted by molar-refractivity contribution is -0.0699. The zero-order valence-electron chi connectivity index (χ0n) is 13.0. The van der Waals surface area contributed by atoms with E-state index in [-0.39, 0.29) is 0 Å². The van der Waals surface area contributed by atoms with E-state index < -0.39 is 0 Å². The highest BCUT2D eigenvalue weighted by molar-refractivity contribution is 5.31. The predicted octanol–water partition coefficient (Wildman–Crippen LogP) is 2.74. The summed E-state index contributed by atoms with van der Waals surface area (Å²) < 4.78 is 16.9. The van der Waals surface area contributed by atoms with Gasteiger partial charge in [0.15, 0.2) is 0 Å². The number of morpholine rings is 1. The molecule has 116 valence electrons. The topological polar surface area (TPSA) is 30.9 Å². The van der Waals surface area contributed by atoms with Crippen LogP contribution in [-0.4, -0.2) is 50.0 Å². The summed E-state index contributed by atoms with van der Waals surface area (Å²) in [5.41, 5.74) is 0. The molecule has 0 bridgehead atoms. The van der Waals surface area contributed by atoms with E-state index in [1.807, 2.05) is 24.3 Å². The lowest BCUT2D eigenvalue weighted by Gasteiger charge is -2.35. The van der Waals surface area contributed by atoms with Crippen LogP contribution in [-0.2, 0) is 4.74 Å². The van der Waals surface area contributed by atoms with Crippen molar-refractivity contribution >= 4 is 0 Å². The Hall–Kier alpha value is -1.52. The first-order valence-electron chi connectivity index (χ1n) is 7.51. The van der Waals surface area contributed by atoms with Gasteiger partial charge in [0.1, 0.15) is 24.7 Å². The molecule has 0 radical (unpaired) electrons. The van der Waals surface area contributed by atoms with Gasteiger partial charge in [-0.15, -0.1) is 0 Å². The Labute approximate surface area is 127 Å². The van der Waals surface area contributed by atoms with E-state index in [0.29, 0.717) is 25.4 Å². The van der Waals surface area contributed by atoms with E-state index in [1.165, 1.54) is 0 Å². The van der Waals surface area contributed by atoms with E-state index in [4.69, 9.17) is 14.2 Å².